The highest BCUT2D eigenvalue weighted by Gasteiger charge is 2.36. The Kier molecular flexibility index (Phi) is 4.62. The number of ether oxygens (including phenoxy) is 1. The van der Waals surface area contributed by atoms with Crippen molar-refractivity contribution >= 4 is 5.91 Å². The van der Waals surface area contributed by atoms with Crippen molar-refractivity contribution in [2.45, 2.75) is 25.4 Å². The maximum absolute atomic E-state index is 12.6. The smallest absolute Gasteiger partial charge is 0.270 e. The zero-order valence-corrected chi connectivity index (χ0v) is 14.2. The topological polar surface area (TPSA) is 54.7 Å². The second-order valence-electron chi connectivity index (χ2n) is 6.66. The second kappa shape index (κ2) is 6.69. The van der Waals surface area contributed by atoms with Gasteiger partial charge in [0.05, 0.1) is 6.54 Å². The molecule has 0 saturated carbocycles. The van der Waals surface area contributed by atoms with Gasteiger partial charge in [0.25, 0.3) is 5.91 Å². The summed E-state index contributed by atoms with van der Waals surface area (Å²) >= 11 is 0. The van der Waals surface area contributed by atoms with Crippen molar-refractivity contribution < 1.29 is 14.6 Å². The Labute approximate surface area is 142 Å². The van der Waals surface area contributed by atoms with Crippen LogP contribution in [0.3, 0.4) is 0 Å². The number of benzene rings is 1. The first kappa shape index (κ1) is 16.6. The third kappa shape index (κ3) is 3.62. The molecule has 1 aliphatic rings. The van der Waals surface area contributed by atoms with E-state index in [9.17, 15) is 9.90 Å². The van der Waals surface area contributed by atoms with Crippen LogP contribution in [0.2, 0.25) is 0 Å². The van der Waals surface area contributed by atoms with Gasteiger partial charge in [0.15, 0.2) is 0 Å². The lowest BCUT2D eigenvalue weighted by Gasteiger charge is -2.39. The van der Waals surface area contributed by atoms with E-state index in [2.05, 4.69) is 0 Å². The number of aromatic nitrogens is 1. The highest BCUT2D eigenvalue weighted by molar-refractivity contribution is 5.92. The first-order chi connectivity index (χ1) is 11.5. The molecule has 2 heterocycles. The maximum atomic E-state index is 12.6. The minimum Gasteiger partial charge on any atom is -0.491 e. The van der Waals surface area contributed by atoms with Crippen molar-refractivity contribution in [3.63, 3.8) is 0 Å². The molecule has 24 heavy (non-hydrogen) atoms. The van der Waals surface area contributed by atoms with E-state index in [1.54, 1.807) is 15.5 Å². The van der Waals surface area contributed by atoms with Gasteiger partial charge in [-0.25, -0.2) is 0 Å². The predicted octanol–water partition coefficient (Wildman–Crippen LogP) is 2.38. The second-order valence-corrected chi connectivity index (χ2v) is 6.66. The van der Waals surface area contributed by atoms with E-state index >= 15 is 0 Å². The summed E-state index contributed by atoms with van der Waals surface area (Å²) in [5, 5.41) is 10.9. The Bertz CT molecular complexity index is 725. The van der Waals surface area contributed by atoms with Crippen LogP contribution in [0.5, 0.6) is 5.75 Å². The van der Waals surface area contributed by atoms with Gasteiger partial charge in [0, 0.05) is 19.8 Å². The lowest BCUT2D eigenvalue weighted by Crippen LogP contribution is -2.53. The summed E-state index contributed by atoms with van der Waals surface area (Å²) in [7, 11) is 1.85. The van der Waals surface area contributed by atoms with Gasteiger partial charge in [-0.15, -0.1) is 0 Å². The predicted molar refractivity (Wildman–Crippen MR) is 92.2 cm³/mol. The Hall–Kier alpha value is -2.27. The van der Waals surface area contributed by atoms with E-state index in [-0.39, 0.29) is 12.5 Å². The number of carbonyl (C=O) groups excluding carboxylic acids is 1. The molecule has 0 bridgehead atoms. The van der Waals surface area contributed by atoms with Crippen LogP contribution in [0.4, 0.5) is 0 Å². The van der Waals surface area contributed by atoms with Crippen molar-refractivity contribution in [3.8, 4) is 5.75 Å². The number of carbonyl (C=O) groups is 1. The standard InChI is InChI=1S/C19H24N2O3/c1-15-6-3-7-16(12-15)24-14-19(23)9-5-11-21(13-19)18(22)17-8-4-10-20(17)2/h3-4,6-8,10,12,23H,5,9,11,13-14H2,1-2H3. The molecule has 2 aromatic rings. The van der Waals surface area contributed by atoms with Crippen LogP contribution in [0.1, 0.15) is 28.9 Å². The third-order valence-electron chi connectivity index (χ3n) is 4.50. The lowest BCUT2D eigenvalue weighted by atomic mass is 9.93. The molecule has 0 radical (unpaired) electrons. The summed E-state index contributed by atoms with van der Waals surface area (Å²) in [6.07, 6.45) is 3.25. The number of β-amino-alcohol motifs (C(OH)–C–C–N with tert-alkyl or cyclic N) is 1. The molecule has 1 aromatic carbocycles. The minimum absolute atomic E-state index is 0.0452. The van der Waals surface area contributed by atoms with Gasteiger partial charge in [-0.05, 0) is 49.6 Å². The molecule has 128 valence electrons. The largest absolute Gasteiger partial charge is 0.491 e. The first-order valence-corrected chi connectivity index (χ1v) is 8.29. The number of nitrogens with zero attached hydrogens (tertiary/aromatic N) is 2. The van der Waals surface area contributed by atoms with Gasteiger partial charge in [0.1, 0.15) is 23.7 Å². The molecule has 1 aliphatic heterocycles. The van der Waals surface area contributed by atoms with Gasteiger partial charge >= 0.3 is 0 Å². The van der Waals surface area contributed by atoms with Crippen LogP contribution >= 0.6 is 0 Å². The Balaban J connectivity index is 1.65. The lowest BCUT2D eigenvalue weighted by molar-refractivity contribution is -0.0533. The van der Waals surface area contributed by atoms with Gasteiger partial charge in [-0.3, -0.25) is 4.79 Å². The zero-order valence-electron chi connectivity index (χ0n) is 14.2. The molecule has 1 unspecified atom stereocenters. The fraction of sp³-hybridized carbons (Fsp3) is 0.421. The molecule has 5 heteroatoms. The summed E-state index contributed by atoms with van der Waals surface area (Å²) in [5.74, 6) is 0.700. The molecule has 1 amide bonds. The highest BCUT2D eigenvalue weighted by Crippen LogP contribution is 2.24. The normalized spacial score (nSPS) is 20.9. The molecule has 0 spiro atoms. The number of hydrogen-bond acceptors (Lipinski definition) is 3. The molecule has 0 aliphatic carbocycles. The molecule has 1 saturated heterocycles. The van der Waals surface area contributed by atoms with Gasteiger partial charge in [-0.1, -0.05) is 12.1 Å². The van der Waals surface area contributed by atoms with E-state index in [0.29, 0.717) is 25.2 Å². The average Bonchev–Trinajstić information content (AvgIpc) is 2.99. The number of piperidine rings is 1. The van der Waals surface area contributed by atoms with Crippen LogP contribution in [0.25, 0.3) is 0 Å². The average molecular weight is 328 g/mol. The molecular weight excluding hydrogens is 304 g/mol. The van der Waals surface area contributed by atoms with Crippen molar-refractivity contribution in [3.05, 3.63) is 53.9 Å². The van der Waals surface area contributed by atoms with Gasteiger partial charge < -0.3 is 19.3 Å². The fourth-order valence-electron chi connectivity index (χ4n) is 3.17. The Morgan fingerprint density at radius 1 is 1.33 bits per heavy atom. The van der Waals surface area contributed by atoms with Crippen LogP contribution in [0.15, 0.2) is 42.6 Å². The number of aryl methyl sites for hydroxylation is 2. The zero-order chi connectivity index (χ0) is 17.2. The van der Waals surface area contributed by atoms with Gasteiger partial charge in [0.2, 0.25) is 0 Å². The monoisotopic (exact) mass is 328 g/mol. The third-order valence-corrected chi connectivity index (χ3v) is 4.50. The highest BCUT2D eigenvalue weighted by atomic mass is 16.5. The number of likely N-dealkylation sites (tertiary alicyclic amines) is 1. The van der Waals surface area contributed by atoms with Crippen LogP contribution in [-0.4, -0.2) is 45.8 Å². The molecule has 1 atom stereocenters. The van der Waals surface area contributed by atoms with E-state index < -0.39 is 5.60 Å². The molecular formula is C19H24N2O3. The quantitative estimate of drug-likeness (QED) is 0.937. The van der Waals surface area contributed by atoms with Crippen molar-refractivity contribution in [1.29, 1.82) is 0 Å². The number of hydrogen-bond donors (Lipinski definition) is 1. The van der Waals surface area contributed by atoms with Crippen LogP contribution in [0, 0.1) is 6.92 Å². The van der Waals surface area contributed by atoms with E-state index in [1.807, 2.05) is 50.5 Å². The summed E-state index contributed by atoms with van der Waals surface area (Å²) in [5.41, 5.74) is 0.741. The fourth-order valence-corrected chi connectivity index (χ4v) is 3.17. The van der Waals surface area contributed by atoms with Crippen molar-refractivity contribution in [2.24, 2.45) is 7.05 Å². The van der Waals surface area contributed by atoms with E-state index in [0.717, 1.165) is 17.7 Å². The molecule has 1 fully saturated rings. The van der Waals surface area contributed by atoms with Crippen molar-refractivity contribution in [1.82, 2.24) is 9.47 Å². The van der Waals surface area contributed by atoms with E-state index in [1.165, 1.54) is 0 Å². The Morgan fingerprint density at radius 3 is 2.88 bits per heavy atom. The number of aliphatic hydroxyl groups is 1. The Morgan fingerprint density at radius 2 is 2.17 bits per heavy atom. The van der Waals surface area contributed by atoms with Crippen LogP contribution in [-0.2, 0) is 7.05 Å². The molecule has 3 rings (SSSR count). The van der Waals surface area contributed by atoms with Gasteiger partial charge in [-0.2, -0.15) is 0 Å². The summed E-state index contributed by atoms with van der Waals surface area (Å²) in [6, 6.07) is 11.4. The van der Waals surface area contributed by atoms with Crippen molar-refractivity contribution in [2.75, 3.05) is 19.7 Å². The summed E-state index contributed by atoms with van der Waals surface area (Å²) in [4.78, 5) is 14.4. The minimum atomic E-state index is -1.01. The molecule has 1 N–H and O–H groups in total. The number of amides is 1. The van der Waals surface area contributed by atoms with Crippen LogP contribution < -0.4 is 4.74 Å². The number of rotatable bonds is 4. The molecule has 5 nitrogen and oxygen atoms in total. The molecule has 1 aromatic heterocycles. The summed E-state index contributed by atoms with van der Waals surface area (Å²) in [6.45, 7) is 3.15. The SMILES string of the molecule is Cc1cccc(OCC2(O)CCCN(C(=O)c3cccn3C)C2)c1. The van der Waals surface area contributed by atoms with E-state index in [4.69, 9.17) is 4.74 Å². The summed E-state index contributed by atoms with van der Waals surface area (Å²) < 4.78 is 7.58. The first-order valence-electron chi connectivity index (χ1n) is 8.29. The maximum Gasteiger partial charge on any atom is 0.270 e.